The highest BCUT2D eigenvalue weighted by Gasteiger charge is 2.48. The van der Waals surface area contributed by atoms with E-state index < -0.39 is 11.4 Å². The Bertz CT molecular complexity index is 1470. The van der Waals surface area contributed by atoms with Crippen molar-refractivity contribution in [2.75, 3.05) is 27.3 Å². The molecule has 6 rings (SSSR count). The van der Waals surface area contributed by atoms with Gasteiger partial charge in [-0.25, -0.2) is 14.5 Å². The normalized spacial score (nSPS) is 25.0. The molecular formula is C30H38N6O6. The first kappa shape index (κ1) is 28.5. The molecule has 2 fully saturated rings. The average Bonchev–Trinajstić information content (AvgIpc) is 3.73. The Hall–Kier alpha value is -3.64. The molecule has 0 bridgehead atoms. The lowest BCUT2D eigenvalue weighted by Crippen LogP contribution is -2.44. The van der Waals surface area contributed by atoms with E-state index in [1.54, 1.807) is 32.4 Å². The average molecular weight is 579 g/mol. The minimum Gasteiger partial charge on any atom is -0.473 e. The van der Waals surface area contributed by atoms with Crippen LogP contribution in [0.25, 0.3) is 17.3 Å². The van der Waals surface area contributed by atoms with E-state index in [0.717, 1.165) is 57.1 Å². The van der Waals surface area contributed by atoms with E-state index in [4.69, 9.17) is 28.7 Å². The molecule has 0 aromatic carbocycles. The van der Waals surface area contributed by atoms with Crippen LogP contribution in [0.4, 0.5) is 0 Å². The molecule has 4 atom stereocenters. The molecule has 2 aliphatic carbocycles. The number of likely N-dealkylation sites (N-methyl/N-ethyl adjacent to an activating group) is 1. The molecule has 42 heavy (non-hydrogen) atoms. The number of Topliss-reactive ketones (excluding diaryl/α,β-unsaturated/α-hetero) is 1. The molecule has 3 aliphatic rings. The van der Waals surface area contributed by atoms with Crippen molar-refractivity contribution in [3.63, 3.8) is 0 Å². The van der Waals surface area contributed by atoms with Crippen LogP contribution in [0.5, 0.6) is 5.88 Å². The Morgan fingerprint density at radius 1 is 1.21 bits per heavy atom. The number of methoxy groups -OCH3 is 1. The number of ether oxygens (including phenoxy) is 3. The monoisotopic (exact) mass is 578 g/mol. The van der Waals surface area contributed by atoms with Gasteiger partial charge in [-0.15, -0.1) is 0 Å². The SMILES string of the molecule is CCOC(=O)c1ccn(-c2cc(O[C@@H](C)[C@@H]3[C@@H](OC)CCN3C)nc(-c3noc4c3CCC[C@@]43CCCCC3=O)n2)n1. The number of nitrogens with zero attached hydrogens (tertiary/aromatic N) is 6. The van der Waals surface area contributed by atoms with E-state index in [2.05, 4.69) is 22.2 Å². The van der Waals surface area contributed by atoms with Crippen molar-refractivity contribution >= 4 is 11.8 Å². The molecule has 12 heteroatoms. The third kappa shape index (κ3) is 5.00. The van der Waals surface area contributed by atoms with Gasteiger partial charge < -0.3 is 18.7 Å². The number of likely N-dealkylation sites (tertiary alicyclic amines) is 1. The van der Waals surface area contributed by atoms with Gasteiger partial charge in [0.05, 0.1) is 24.2 Å². The lowest BCUT2D eigenvalue weighted by atomic mass is 9.64. The number of hydrogen-bond donors (Lipinski definition) is 0. The summed E-state index contributed by atoms with van der Waals surface area (Å²) < 4.78 is 24.7. The summed E-state index contributed by atoms with van der Waals surface area (Å²) in [6.45, 7) is 4.91. The van der Waals surface area contributed by atoms with Crippen LogP contribution in [0.15, 0.2) is 22.9 Å². The predicted molar refractivity (Wildman–Crippen MR) is 151 cm³/mol. The van der Waals surface area contributed by atoms with Gasteiger partial charge in [0.2, 0.25) is 5.88 Å². The zero-order valence-corrected chi connectivity index (χ0v) is 24.7. The summed E-state index contributed by atoms with van der Waals surface area (Å²) in [7, 11) is 3.78. The highest BCUT2D eigenvalue weighted by atomic mass is 16.5. The largest absolute Gasteiger partial charge is 0.473 e. The number of fused-ring (bicyclic) bond motifs is 2. The van der Waals surface area contributed by atoms with Gasteiger partial charge in [-0.3, -0.25) is 9.69 Å². The Morgan fingerprint density at radius 3 is 2.83 bits per heavy atom. The quantitative estimate of drug-likeness (QED) is 0.362. The minimum absolute atomic E-state index is 0.0361. The second-order valence-corrected chi connectivity index (χ2v) is 11.5. The molecule has 0 unspecified atom stereocenters. The van der Waals surface area contributed by atoms with Gasteiger partial charge >= 0.3 is 5.97 Å². The van der Waals surface area contributed by atoms with Crippen molar-refractivity contribution in [2.45, 2.75) is 88.9 Å². The summed E-state index contributed by atoms with van der Waals surface area (Å²) in [4.78, 5) is 37.3. The van der Waals surface area contributed by atoms with E-state index in [1.807, 2.05) is 6.92 Å². The van der Waals surface area contributed by atoms with Crippen molar-refractivity contribution in [1.82, 2.24) is 29.8 Å². The van der Waals surface area contributed by atoms with Gasteiger partial charge in [-0.1, -0.05) is 11.6 Å². The highest BCUT2D eigenvalue weighted by molar-refractivity contribution is 5.91. The molecule has 0 radical (unpaired) electrons. The van der Waals surface area contributed by atoms with E-state index in [9.17, 15) is 9.59 Å². The van der Waals surface area contributed by atoms with Crippen molar-refractivity contribution in [3.8, 4) is 23.2 Å². The molecule has 0 amide bonds. The van der Waals surface area contributed by atoms with E-state index >= 15 is 0 Å². The maximum absolute atomic E-state index is 13.2. The summed E-state index contributed by atoms with van der Waals surface area (Å²) in [6.07, 6.45) is 7.96. The molecule has 1 aliphatic heterocycles. The van der Waals surface area contributed by atoms with Crippen LogP contribution in [-0.4, -0.2) is 87.1 Å². The van der Waals surface area contributed by atoms with Gasteiger partial charge in [-0.05, 0) is 65.5 Å². The third-order valence-electron chi connectivity index (χ3n) is 9.00. The van der Waals surface area contributed by atoms with Crippen LogP contribution in [0.2, 0.25) is 0 Å². The van der Waals surface area contributed by atoms with Gasteiger partial charge in [-0.2, -0.15) is 10.1 Å². The van der Waals surface area contributed by atoms with Crippen molar-refractivity contribution < 1.29 is 28.3 Å². The van der Waals surface area contributed by atoms with Crippen LogP contribution < -0.4 is 4.74 Å². The summed E-state index contributed by atoms with van der Waals surface area (Å²) in [5.74, 6) is 1.44. The summed E-state index contributed by atoms with van der Waals surface area (Å²) in [5.41, 5.74) is 0.948. The number of carbonyl (C=O) groups is 2. The molecule has 3 aromatic heterocycles. The zero-order valence-electron chi connectivity index (χ0n) is 24.7. The van der Waals surface area contributed by atoms with Gasteiger partial charge in [0.15, 0.2) is 28.8 Å². The fourth-order valence-electron chi connectivity index (χ4n) is 6.94. The van der Waals surface area contributed by atoms with Crippen molar-refractivity contribution in [3.05, 3.63) is 35.3 Å². The zero-order chi connectivity index (χ0) is 29.4. The van der Waals surface area contributed by atoms with Gasteiger partial charge in [0.25, 0.3) is 0 Å². The number of esters is 1. The summed E-state index contributed by atoms with van der Waals surface area (Å²) in [6, 6.07) is 3.31. The van der Waals surface area contributed by atoms with Crippen LogP contribution in [0.1, 0.15) is 80.6 Å². The van der Waals surface area contributed by atoms with Crippen LogP contribution in [0.3, 0.4) is 0 Å². The lowest BCUT2D eigenvalue weighted by Gasteiger charge is -2.36. The third-order valence-corrected chi connectivity index (χ3v) is 9.00. The second kappa shape index (κ2) is 11.6. The lowest BCUT2D eigenvalue weighted by molar-refractivity contribution is -0.128. The molecular weight excluding hydrogens is 540 g/mol. The Kier molecular flexibility index (Phi) is 7.84. The maximum atomic E-state index is 13.2. The van der Waals surface area contributed by atoms with Crippen molar-refractivity contribution in [1.29, 1.82) is 0 Å². The number of carbonyl (C=O) groups excluding carboxylic acids is 2. The van der Waals surface area contributed by atoms with E-state index in [1.165, 1.54) is 4.68 Å². The smallest absolute Gasteiger partial charge is 0.358 e. The fraction of sp³-hybridized carbons (Fsp3) is 0.600. The second-order valence-electron chi connectivity index (χ2n) is 11.5. The molecule has 224 valence electrons. The van der Waals surface area contributed by atoms with Gasteiger partial charge in [0.1, 0.15) is 11.9 Å². The van der Waals surface area contributed by atoms with Crippen LogP contribution >= 0.6 is 0 Å². The van der Waals surface area contributed by atoms with Crippen LogP contribution in [-0.2, 0) is 26.1 Å². The highest BCUT2D eigenvalue weighted by Crippen LogP contribution is 2.47. The molecule has 1 saturated carbocycles. The molecule has 1 saturated heterocycles. The number of hydrogen-bond acceptors (Lipinski definition) is 11. The molecule has 0 N–H and O–H groups in total. The maximum Gasteiger partial charge on any atom is 0.358 e. The van der Waals surface area contributed by atoms with Gasteiger partial charge in [0, 0.05) is 37.9 Å². The molecule has 12 nitrogen and oxygen atoms in total. The number of ketones is 1. The minimum atomic E-state index is -0.610. The summed E-state index contributed by atoms with van der Waals surface area (Å²) >= 11 is 0. The molecule has 1 spiro atoms. The predicted octanol–water partition coefficient (Wildman–Crippen LogP) is 3.70. The van der Waals surface area contributed by atoms with Crippen LogP contribution in [0, 0.1) is 0 Å². The Labute approximate surface area is 244 Å². The number of aromatic nitrogens is 5. The first-order valence-corrected chi connectivity index (χ1v) is 14.9. The van der Waals surface area contributed by atoms with E-state index in [-0.39, 0.29) is 36.3 Å². The molecule has 3 aromatic rings. The Balaban J connectivity index is 1.40. The number of rotatable bonds is 8. The Morgan fingerprint density at radius 2 is 2.05 bits per heavy atom. The topological polar surface area (TPSA) is 135 Å². The first-order chi connectivity index (χ1) is 20.3. The van der Waals surface area contributed by atoms with Crippen molar-refractivity contribution in [2.24, 2.45) is 0 Å². The first-order valence-electron chi connectivity index (χ1n) is 14.9. The summed E-state index contributed by atoms with van der Waals surface area (Å²) in [5, 5.41) is 8.84. The molecule has 4 heterocycles. The fourth-order valence-corrected chi connectivity index (χ4v) is 6.94. The van der Waals surface area contributed by atoms with E-state index in [0.29, 0.717) is 35.4 Å². The standard InChI is InChI=1S/C30H38N6O6/c1-5-40-29(38)20-11-16-36(33-20)23-17-24(41-18(2)26-21(39-4)12-15-35(26)3)32-28(31-23)25-19-9-8-14-30(27(19)42-34-25)13-7-6-10-22(30)37/h11,16-18,21,26H,5-10,12-15H2,1-4H3/t18-,21-,26+,30+/m0/s1.